The van der Waals surface area contributed by atoms with Crippen LogP contribution in [0.1, 0.15) is 0 Å². The van der Waals surface area contributed by atoms with E-state index in [0.717, 1.165) is 0 Å². The molecule has 0 saturated carbocycles. The maximum absolute atomic E-state index is 12.9. The molecule has 0 spiro atoms. The van der Waals surface area contributed by atoms with Gasteiger partial charge in [0, 0.05) is 16.5 Å². The van der Waals surface area contributed by atoms with Gasteiger partial charge in [-0.15, -0.1) is 0 Å². The number of benzene rings is 3. The van der Waals surface area contributed by atoms with Gasteiger partial charge in [-0.3, -0.25) is 14.4 Å². The van der Waals surface area contributed by atoms with E-state index in [9.17, 15) is 14.4 Å². The Labute approximate surface area is 169 Å². The number of para-hydroxylation sites is 2. The number of hydrogen-bond donors (Lipinski definition) is 2. The lowest BCUT2D eigenvalue weighted by Crippen LogP contribution is -2.21. The molecule has 0 saturated heterocycles. The normalized spacial score (nSPS) is 11.2. The Hall–Kier alpha value is -4.26. The van der Waals surface area contributed by atoms with E-state index in [4.69, 9.17) is 0 Å². The molecular weight excluding hydrogens is 380 g/mol. The van der Waals surface area contributed by atoms with Crippen LogP contribution in [0.3, 0.4) is 0 Å². The third-order valence-electron chi connectivity index (χ3n) is 5.10. The van der Waals surface area contributed by atoms with Crippen molar-refractivity contribution in [3.63, 3.8) is 0 Å². The molecule has 7 heteroatoms. The molecule has 146 valence electrons. The van der Waals surface area contributed by atoms with Gasteiger partial charge in [0.25, 0.3) is 5.56 Å². The summed E-state index contributed by atoms with van der Waals surface area (Å²) in [4.78, 5) is 44.3. The van der Waals surface area contributed by atoms with Crippen LogP contribution in [0.4, 0.5) is 5.69 Å². The Morgan fingerprint density at radius 3 is 2.27 bits per heavy atom. The van der Waals surface area contributed by atoms with Crippen molar-refractivity contribution in [2.45, 2.75) is 6.54 Å². The smallest absolute Gasteiger partial charge is 0.258 e. The van der Waals surface area contributed by atoms with Crippen molar-refractivity contribution < 1.29 is 4.79 Å². The van der Waals surface area contributed by atoms with E-state index in [2.05, 4.69) is 15.3 Å². The summed E-state index contributed by atoms with van der Waals surface area (Å²) in [6.07, 6.45) is 1.34. The molecule has 2 aromatic heterocycles. The first kappa shape index (κ1) is 17.8. The molecule has 7 nitrogen and oxygen atoms in total. The number of nitrogens with one attached hydrogen (secondary N) is 2. The lowest BCUT2D eigenvalue weighted by Gasteiger charge is -2.15. The number of rotatable bonds is 3. The molecule has 0 fully saturated rings. The number of nitrogens with zero attached hydrogens (tertiary/aromatic N) is 2. The Balaban J connectivity index is 1.56. The molecule has 0 aliphatic heterocycles. The van der Waals surface area contributed by atoms with Crippen LogP contribution < -0.4 is 16.3 Å². The SMILES string of the molecule is O=C(Cn1c2ccccc2c(=O)c2ccccc21)Nc1ccc2nc[nH]c(=O)c2c1. The summed E-state index contributed by atoms with van der Waals surface area (Å²) >= 11 is 0. The largest absolute Gasteiger partial charge is 0.331 e. The van der Waals surface area contributed by atoms with Gasteiger partial charge in [-0.2, -0.15) is 0 Å². The van der Waals surface area contributed by atoms with Crippen LogP contribution in [-0.4, -0.2) is 20.4 Å². The molecule has 30 heavy (non-hydrogen) atoms. The molecule has 0 bridgehead atoms. The van der Waals surface area contributed by atoms with Crippen LogP contribution in [0.25, 0.3) is 32.7 Å². The van der Waals surface area contributed by atoms with Gasteiger partial charge in [0.1, 0.15) is 6.54 Å². The Kier molecular flexibility index (Phi) is 4.14. The van der Waals surface area contributed by atoms with Crippen molar-refractivity contribution in [3.05, 3.63) is 93.6 Å². The van der Waals surface area contributed by atoms with Gasteiger partial charge in [-0.05, 0) is 42.5 Å². The van der Waals surface area contributed by atoms with Crippen molar-refractivity contribution in [1.29, 1.82) is 0 Å². The van der Waals surface area contributed by atoms with Gasteiger partial charge in [-0.25, -0.2) is 4.98 Å². The minimum absolute atomic E-state index is 0.0166. The van der Waals surface area contributed by atoms with Gasteiger partial charge in [0.15, 0.2) is 5.43 Å². The summed E-state index contributed by atoms with van der Waals surface area (Å²) in [6.45, 7) is 0.0166. The molecule has 1 amide bonds. The van der Waals surface area contributed by atoms with Crippen LogP contribution in [0.15, 0.2) is 82.6 Å². The molecule has 0 atom stereocenters. The van der Waals surface area contributed by atoms with Gasteiger partial charge >= 0.3 is 0 Å². The lowest BCUT2D eigenvalue weighted by molar-refractivity contribution is -0.116. The monoisotopic (exact) mass is 396 g/mol. The zero-order valence-corrected chi connectivity index (χ0v) is 15.8. The third-order valence-corrected chi connectivity index (χ3v) is 5.10. The quantitative estimate of drug-likeness (QED) is 0.458. The van der Waals surface area contributed by atoms with E-state index in [1.165, 1.54) is 6.33 Å². The topological polar surface area (TPSA) is 96.8 Å². The fourth-order valence-electron chi connectivity index (χ4n) is 3.74. The number of anilines is 1. The Morgan fingerprint density at radius 1 is 0.900 bits per heavy atom. The highest BCUT2D eigenvalue weighted by Gasteiger charge is 2.13. The maximum atomic E-state index is 12.9. The second kappa shape index (κ2) is 6.97. The average Bonchev–Trinajstić information content (AvgIpc) is 2.77. The number of aromatic nitrogens is 3. The van der Waals surface area contributed by atoms with Gasteiger partial charge in [-0.1, -0.05) is 24.3 Å². The minimum atomic E-state index is -0.270. The van der Waals surface area contributed by atoms with E-state index < -0.39 is 0 Å². The molecule has 2 heterocycles. The standard InChI is InChI=1S/C23H16N4O3/c28-21(26-14-9-10-18-17(11-14)23(30)25-13-24-18)12-27-19-7-3-1-5-15(19)22(29)16-6-2-4-8-20(16)27/h1-11,13H,12H2,(H,26,28)(H,24,25,30). The lowest BCUT2D eigenvalue weighted by atomic mass is 10.1. The highest BCUT2D eigenvalue weighted by molar-refractivity contribution is 5.98. The fraction of sp³-hybridized carbons (Fsp3) is 0.0435. The van der Waals surface area contributed by atoms with Gasteiger partial charge < -0.3 is 14.9 Å². The minimum Gasteiger partial charge on any atom is -0.331 e. The molecule has 5 aromatic rings. The number of carbonyl (C=O) groups excluding carboxylic acids is 1. The van der Waals surface area contributed by atoms with Crippen LogP contribution in [0.2, 0.25) is 0 Å². The zero-order chi connectivity index (χ0) is 20.7. The predicted octanol–water partition coefficient (Wildman–Crippen LogP) is 3.03. The number of pyridine rings is 1. The van der Waals surface area contributed by atoms with Crippen LogP contribution in [0, 0.1) is 0 Å². The van der Waals surface area contributed by atoms with Crippen molar-refractivity contribution in [2.75, 3.05) is 5.32 Å². The van der Waals surface area contributed by atoms with E-state index in [-0.39, 0.29) is 23.4 Å². The number of carbonyl (C=O) groups is 1. The number of amides is 1. The third kappa shape index (κ3) is 2.93. The highest BCUT2D eigenvalue weighted by Crippen LogP contribution is 2.20. The molecule has 0 aliphatic carbocycles. The second-order valence-corrected chi connectivity index (χ2v) is 6.96. The van der Waals surface area contributed by atoms with E-state index in [0.29, 0.717) is 38.4 Å². The predicted molar refractivity (Wildman–Crippen MR) is 117 cm³/mol. The van der Waals surface area contributed by atoms with Crippen LogP contribution in [0.5, 0.6) is 0 Å². The summed E-state index contributed by atoms with van der Waals surface area (Å²) in [7, 11) is 0. The molecule has 0 aliphatic rings. The van der Waals surface area contributed by atoms with Gasteiger partial charge in [0.05, 0.1) is 28.3 Å². The molecular formula is C23H16N4O3. The first-order valence-electron chi connectivity index (χ1n) is 9.39. The van der Waals surface area contributed by atoms with Gasteiger partial charge in [0.2, 0.25) is 5.91 Å². The summed E-state index contributed by atoms with van der Waals surface area (Å²) in [5, 5.41) is 4.36. The molecule has 0 radical (unpaired) electrons. The first-order chi connectivity index (χ1) is 14.6. The number of aromatic amines is 1. The van der Waals surface area contributed by atoms with Crippen molar-refractivity contribution in [1.82, 2.24) is 14.5 Å². The Bertz CT molecular complexity index is 1510. The van der Waals surface area contributed by atoms with Crippen molar-refractivity contribution >= 4 is 44.3 Å². The fourth-order valence-corrected chi connectivity index (χ4v) is 3.74. The van der Waals surface area contributed by atoms with Crippen LogP contribution >= 0.6 is 0 Å². The van der Waals surface area contributed by atoms with E-state index in [1.54, 1.807) is 30.3 Å². The molecule has 3 aromatic carbocycles. The van der Waals surface area contributed by atoms with E-state index >= 15 is 0 Å². The number of H-pyrrole nitrogens is 1. The molecule has 2 N–H and O–H groups in total. The van der Waals surface area contributed by atoms with E-state index in [1.807, 2.05) is 41.0 Å². The molecule has 0 unspecified atom stereocenters. The molecule has 5 rings (SSSR count). The summed E-state index contributed by atoms with van der Waals surface area (Å²) in [6, 6.07) is 19.5. The first-order valence-corrected chi connectivity index (χ1v) is 9.39. The summed E-state index contributed by atoms with van der Waals surface area (Å²) in [5.74, 6) is -0.270. The van der Waals surface area contributed by atoms with Crippen LogP contribution in [-0.2, 0) is 11.3 Å². The summed E-state index contributed by atoms with van der Waals surface area (Å²) < 4.78 is 1.83. The maximum Gasteiger partial charge on any atom is 0.258 e. The van der Waals surface area contributed by atoms with Crippen molar-refractivity contribution in [3.8, 4) is 0 Å². The van der Waals surface area contributed by atoms with Crippen molar-refractivity contribution in [2.24, 2.45) is 0 Å². The number of fused-ring (bicyclic) bond motifs is 3. The highest BCUT2D eigenvalue weighted by atomic mass is 16.2. The number of hydrogen-bond acceptors (Lipinski definition) is 4. The average molecular weight is 396 g/mol. The zero-order valence-electron chi connectivity index (χ0n) is 15.8. The summed E-state index contributed by atoms with van der Waals surface area (Å²) in [5.41, 5.74) is 2.11. The Morgan fingerprint density at radius 2 is 1.57 bits per heavy atom. The second-order valence-electron chi connectivity index (χ2n) is 6.96.